The van der Waals surface area contributed by atoms with E-state index in [0.29, 0.717) is 0 Å². The van der Waals surface area contributed by atoms with Crippen LogP contribution in [-0.2, 0) is 17.6 Å². The normalized spacial score (nSPS) is 16.1. The van der Waals surface area contributed by atoms with Crippen molar-refractivity contribution in [2.45, 2.75) is 33.1 Å². The molecule has 5 nitrogen and oxygen atoms in total. The standard InChI is InChI=1S/C15H21N3O2/c1-9(2)13(14(16)18-20)15(19)17-12-7-6-10-4-3-5-11(10)8-12/h6-9,13,20H,3-5H2,1-2H3,(H2,16,18)(H,17,19). The number of nitrogens with one attached hydrogen (secondary N) is 1. The van der Waals surface area contributed by atoms with Crippen LogP contribution in [0.5, 0.6) is 0 Å². The number of amidine groups is 1. The van der Waals surface area contributed by atoms with Crippen molar-refractivity contribution in [2.75, 3.05) is 5.32 Å². The van der Waals surface area contributed by atoms with E-state index in [4.69, 9.17) is 10.9 Å². The van der Waals surface area contributed by atoms with E-state index >= 15 is 0 Å². The summed E-state index contributed by atoms with van der Waals surface area (Å²) in [7, 11) is 0. The van der Waals surface area contributed by atoms with Gasteiger partial charge in [-0.2, -0.15) is 0 Å². The maximum atomic E-state index is 12.3. The lowest BCUT2D eigenvalue weighted by Gasteiger charge is -2.19. The molecule has 1 aromatic rings. The summed E-state index contributed by atoms with van der Waals surface area (Å²) in [5, 5.41) is 14.6. The van der Waals surface area contributed by atoms with Crippen molar-refractivity contribution in [3.05, 3.63) is 29.3 Å². The van der Waals surface area contributed by atoms with E-state index in [9.17, 15) is 4.79 Å². The van der Waals surface area contributed by atoms with Crippen LogP contribution in [0.2, 0.25) is 0 Å². The number of carbonyl (C=O) groups excluding carboxylic acids is 1. The molecule has 1 amide bonds. The van der Waals surface area contributed by atoms with Gasteiger partial charge in [-0.05, 0) is 48.4 Å². The highest BCUT2D eigenvalue weighted by atomic mass is 16.4. The Kier molecular flexibility index (Phi) is 4.27. The molecule has 0 fully saturated rings. The third-order valence-corrected chi connectivity index (χ3v) is 3.75. The number of nitrogens with two attached hydrogens (primary N) is 1. The summed E-state index contributed by atoms with van der Waals surface area (Å²) in [5.41, 5.74) is 9.03. The number of rotatable bonds is 4. The highest BCUT2D eigenvalue weighted by Gasteiger charge is 2.27. The third kappa shape index (κ3) is 2.92. The van der Waals surface area contributed by atoms with Gasteiger partial charge in [0.1, 0.15) is 5.92 Å². The first-order valence-electron chi connectivity index (χ1n) is 6.93. The van der Waals surface area contributed by atoms with E-state index in [2.05, 4.69) is 16.5 Å². The number of anilines is 1. The fraction of sp³-hybridized carbons (Fsp3) is 0.467. The molecule has 1 aliphatic rings. The molecule has 108 valence electrons. The average Bonchev–Trinajstić information content (AvgIpc) is 2.85. The van der Waals surface area contributed by atoms with Gasteiger partial charge in [-0.15, -0.1) is 0 Å². The SMILES string of the molecule is CC(C)C(C(=O)Nc1ccc2c(c1)CCC2)C(N)=NO. The molecule has 0 aromatic heterocycles. The molecule has 5 heteroatoms. The van der Waals surface area contributed by atoms with Crippen LogP contribution in [0.25, 0.3) is 0 Å². The second-order valence-electron chi connectivity index (χ2n) is 5.57. The monoisotopic (exact) mass is 275 g/mol. The number of aryl methyl sites for hydroxylation is 2. The molecule has 0 aliphatic heterocycles. The van der Waals surface area contributed by atoms with E-state index in [-0.39, 0.29) is 17.7 Å². The molecular weight excluding hydrogens is 254 g/mol. The molecule has 0 bridgehead atoms. The molecule has 0 saturated carbocycles. The molecule has 0 saturated heterocycles. The van der Waals surface area contributed by atoms with Crippen LogP contribution in [0, 0.1) is 11.8 Å². The zero-order valence-corrected chi connectivity index (χ0v) is 11.9. The number of oxime groups is 1. The summed E-state index contributed by atoms with van der Waals surface area (Å²) < 4.78 is 0. The summed E-state index contributed by atoms with van der Waals surface area (Å²) in [6.07, 6.45) is 3.35. The largest absolute Gasteiger partial charge is 0.409 e. The van der Waals surface area contributed by atoms with Gasteiger partial charge in [-0.25, -0.2) is 0 Å². The lowest BCUT2D eigenvalue weighted by molar-refractivity contribution is -0.119. The van der Waals surface area contributed by atoms with Crippen LogP contribution in [0.15, 0.2) is 23.4 Å². The Morgan fingerprint density at radius 1 is 1.35 bits per heavy atom. The van der Waals surface area contributed by atoms with Crippen LogP contribution >= 0.6 is 0 Å². The number of carbonyl (C=O) groups is 1. The number of hydrogen-bond acceptors (Lipinski definition) is 3. The lowest BCUT2D eigenvalue weighted by Crippen LogP contribution is -2.38. The van der Waals surface area contributed by atoms with Gasteiger partial charge in [-0.1, -0.05) is 25.1 Å². The molecule has 4 N–H and O–H groups in total. The van der Waals surface area contributed by atoms with Crippen molar-refractivity contribution in [1.82, 2.24) is 0 Å². The molecular formula is C15H21N3O2. The first-order valence-corrected chi connectivity index (χ1v) is 6.93. The molecule has 1 aromatic carbocycles. The minimum Gasteiger partial charge on any atom is -0.409 e. The smallest absolute Gasteiger partial charge is 0.235 e. The van der Waals surface area contributed by atoms with E-state index in [1.54, 1.807) is 0 Å². The topological polar surface area (TPSA) is 87.7 Å². The fourth-order valence-electron chi connectivity index (χ4n) is 2.71. The molecule has 0 heterocycles. The van der Waals surface area contributed by atoms with Crippen molar-refractivity contribution in [3.63, 3.8) is 0 Å². The van der Waals surface area contributed by atoms with Crippen LogP contribution < -0.4 is 11.1 Å². The lowest BCUT2D eigenvalue weighted by atomic mass is 9.93. The second kappa shape index (κ2) is 5.94. The highest BCUT2D eigenvalue weighted by Crippen LogP contribution is 2.25. The Morgan fingerprint density at radius 3 is 2.70 bits per heavy atom. The van der Waals surface area contributed by atoms with Crippen molar-refractivity contribution in [2.24, 2.45) is 22.7 Å². The number of hydrogen-bond donors (Lipinski definition) is 3. The Hall–Kier alpha value is -2.04. The van der Waals surface area contributed by atoms with Crippen molar-refractivity contribution < 1.29 is 10.0 Å². The molecule has 1 atom stereocenters. The Bertz CT molecular complexity index is 538. The van der Waals surface area contributed by atoms with Gasteiger partial charge in [0.15, 0.2) is 5.84 Å². The van der Waals surface area contributed by atoms with Gasteiger partial charge in [-0.3, -0.25) is 4.79 Å². The Balaban J connectivity index is 2.14. The molecule has 1 aliphatic carbocycles. The van der Waals surface area contributed by atoms with Crippen molar-refractivity contribution in [3.8, 4) is 0 Å². The molecule has 20 heavy (non-hydrogen) atoms. The number of nitrogens with zero attached hydrogens (tertiary/aromatic N) is 1. The van der Waals surface area contributed by atoms with E-state index in [1.807, 2.05) is 26.0 Å². The van der Waals surface area contributed by atoms with Crippen LogP contribution in [-0.4, -0.2) is 17.0 Å². The number of benzene rings is 1. The Morgan fingerprint density at radius 2 is 2.05 bits per heavy atom. The van der Waals surface area contributed by atoms with Crippen molar-refractivity contribution in [1.29, 1.82) is 0 Å². The number of fused-ring (bicyclic) bond motifs is 1. The fourth-order valence-corrected chi connectivity index (χ4v) is 2.71. The minimum absolute atomic E-state index is 0.0414. The first-order chi connectivity index (χ1) is 9.52. The molecule has 0 spiro atoms. The summed E-state index contributed by atoms with van der Waals surface area (Å²) >= 11 is 0. The highest BCUT2D eigenvalue weighted by molar-refractivity contribution is 6.07. The summed E-state index contributed by atoms with van der Waals surface area (Å²) in [5.74, 6) is -0.972. The first kappa shape index (κ1) is 14.4. The Labute approximate surface area is 118 Å². The van der Waals surface area contributed by atoms with Gasteiger partial charge in [0.25, 0.3) is 0 Å². The molecule has 0 radical (unpaired) electrons. The van der Waals surface area contributed by atoms with Gasteiger partial charge in [0, 0.05) is 5.69 Å². The maximum absolute atomic E-state index is 12.3. The van der Waals surface area contributed by atoms with Crippen LogP contribution in [0.1, 0.15) is 31.4 Å². The summed E-state index contributed by atoms with van der Waals surface area (Å²) in [6, 6.07) is 5.99. The predicted molar refractivity (Wildman–Crippen MR) is 78.8 cm³/mol. The quantitative estimate of drug-likeness (QED) is 0.340. The summed E-state index contributed by atoms with van der Waals surface area (Å²) in [4.78, 5) is 12.3. The summed E-state index contributed by atoms with van der Waals surface area (Å²) in [6.45, 7) is 3.73. The van der Waals surface area contributed by atoms with E-state index in [0.717, 1.165) is 18.5 Å². The average molecular weight is 275 g/mol. The van der Waals surface area contributed by atoms with Gasteiger partial charge in [0.2, 0.25) is 5.91 Å². The molecule has 1 unspecified atom stereocenters. The van der Waals surface area contributed by atoms with E-state index < -0.39 is 5.92 Å². The predicted octanol–water partition coefficient (Wildman–Crippen LogP) is 2.13. The third-order valence-electron chi connectivity index (χ3n) is 3.75. The molecule has 2 rings (SSSR count). The second-order valence-corrected chi connectivity index (χ2v) is 5.57. The zero-order chi connectivity index (χ0) is 14.7. The van der Waals surface area contributed by atoms with Crippen LogP contribution in [0.4, 0.5) is 5.69 Å². The number of amides is 1. The minimum atomic E-state index is -0.631. The maximum Gasteiger partial charge on any atom is 0.235 e. The van der Waals surface area contributed by atoms with E-state index in [1.165, 1.54) is 17.5 Å². The van der Waals surface area contributed by atoms with Crippen molar-refractivity contribution >= 4 is 17.4 Å². The van der Waals surface area contributed by atoms with Crippen LogP contribution in [0.3, 0.4) is 0 Å². The van der Waals surface area contributed by atoms with Gasteiger partial charge in [0.05, 0.1) is 0 Å². The zero-order valence-electron chi connectivity index (χ0n) is 11.9. The van der Waals surface area contributed by atoms with Gasteiger partial charge < -0.3 is 16.3 Å². The van der Waals surface area contributed by atoms with Gasteiger partial charge >= 0.3 is 0 Å².